The maximum atomic E-state index is 4.17. The zero-order chi connectivity index (χ0) is 12.1. The van der Waals surface area contributed by atoms with Gasteiger partial charge in [0.15, 0.2) is 5.82 Å². The van der Waals surface area contributed by atoms with Crippen molar-refractivity contribution in [3.63, 3.8) is 0 Å². The van der Waals surface area contributed by atoms with Crippen LogP contribution in [0.2, 0.25) is 0 Å². The summed E-state index contributed by atoms with van der Waals surface area (Å²) in [6, 6.07) is 1.85. The second-order valence-corrected chi connectivity index (χ2v) is 3.51. The largest absolute Gasteiger partial charge is 0.370 e. The molecule has 7 nitrogen and oxygen atoms in total. The summed E-state index contributed by atoms with van der Waals surface area (Å²) in [5.74, 6) is 2.29. The number of aryl methyl sites for hydroxylation is 1. The van der Waals surface area contributed by atoms with Crippen molar-refractivity contribution in [2.75, 3.05) is 17.2 Å². The lowest BCUT2D eigenvalue weighted by Gasteiger charge is -2.05. The molecule has 2 heterocycles. The third kappa shape index (κ3) is 3.13. The molecule has 0 fully saturated rings. The summed E-state index contributed by atoms with van der Waals surface area (Å²) >= 11 is 0. The van der Waals surface area contributed by atoms with Crippen molar-refractivity contribution in [2.24, 2.45) is 7.05 Å². The van der Waals surface area contributed by atoms with E-state index in [2.05, 4.69) is 30.7 Å². The molecule has 7 heteroatoms. The third-order valence-electron chi connectivity index (χ3n) is 2.10. The standard InChI is InChI=1S/C10H15N7/c1-3-11-8-4-9(14-6-13-8)12-5-10-15-7-17(2)16-10/h4,6-7H,3,5H2,1-2H3,(H2,11,12,13,14). The molecule has 0 aliphatic carbocycles. The van der Waals surface area contributed by atoms with Crippen LogP contribution >= 0.6 is 0 Å². The van der Waals surface area contributed by atoms with Gasteiger partial charge in [0.1, 0.15) is 24.3 Å². The summed E-state index contributed by atoms with van der Waals surface area (Å²) in [6.45, 7) is 3.40. The van der Waals surface area contributed by atoms with Crippen LogP contribution < -0.4 is 10.6 Å². The van der Waals surface area contributed by atoms with Gasteiger partial charge < -0.3 is 10.6 Å². The number of rotatable bonds is 5. The summed E-state index contributed by atoms with van der Waals surface area (Å²) in [4.78, 5) is 12.3. The van der Waals surface area contributed by atoms with Crippen molar-refractivity contribution in [1.82, 2.24) is 24.7 Å². The van der Waals surface area contributed by atoms with Crippen molar-refractivity contribution in [1.29, 1.82) is 0 Å². The van der Waals surface area contributed by atoms with E-state index in [0.29, 0.717) is 6.54 Å². The van der Waals surface area contributed by atoms with Gasteiger partial charge in [0.05, 0.1) is 6.54 Å². The van der Waals surface area contributed by atoms with Crippen molar-refractivity contribution in [2.45, 2.75) is 13.5 Å². The van der Waals surface area contributed by atoms with Crippen LogP contribution in [0.15, 0.2) is 18.7 Å². The van der Waals surface area contributed by atoms with Gasteiger partial charge in [0.2, 0.25) is 0 Å². The Labute approximate surface area is 99.3 Å². The fourth-order valence-corrected chi connectivity index (χ4v) is 1.37. The third-order valence-corrected chi connectivity index (χ3v) is 2.10. The fourth-order valence-electron chi connectivity index (χ4n) is 1.37. The van der Waals surface area contributed by atoms with Crippen molar-refractivity contribution in [3.05, 3.63) is 24.5 Å². The van der Waals surface area contributed by atoms with Crippen molar-refractivity contribution in [3.8, 4) is 0 Å². The first-order chi connectivity index (χ1) is 8.28. The van der Waals surface area contributed by atoms with Crippen LogP contribution in [-0.4, -0.2) is 31.3 Å². The molecule has 0 aromatic carbocycles. The van der Waals surface area contributed by atoms with E-state index in [0.717, 1.165) is 24.0 Å². The summed E-state index contributed by atoms with van der Waals surface area (Å²) in [5.41, 5.74) is 0. The lowest BCUT2D eigenvalue weighted by atomic mass is 10.5. The number of aromatic nitrogens is 5. The minimum Gasteiger partial charge on any atom is -0.370 e. The topological polar surface area (TPSA) is 80.5 Å². The van der Waals surface area contributed by atoms with Gasteiger partial charge in [-0.25, -0.2) is 15.0 Å². The zero-order valence-corrected chi connectivity index (χ0v) is 9.88. The molecule has 0 bridgehead atoms. The van der Waals surface area contributed by atoms with Crippen LogP contribution in [0.3, 0.4) is 0 Å². The van der Waals surface area contributed by atoms with E-state index in [1.54, 1.807) is 11.0 Å². The van der Waals surface area contributed by atoms with E-state index in [1.807, 2.05) is 20.0 Å². The molecule has 0 saturated carbocycles. The monoisotopic (exact) mass is 233 g/mol. The number of nitrogens with one attached hydrogen (secondary N) is 2. The first kappa shape index (κ1) is 11.3. The molecular weight excluding hydrogens is 218 g/mol. The molecule has 0 aliphatic heterocycles. The Bertz CT molecular complexity index is 479. The Morgan fingerprint density at radius 2 is 1.94 bits per heavy atom. The van der Waals surface area contributed by atoms with Crippen molar-refractivity contribution >= 4 is 11.6 Å². The van der Waals surface area contributed by atoms with E-state index in [4.69, 9.17) is 0 Å². The Kier molecular flexibility index (Phi) is 3.49. The van der Waals surface area contributed by atoms with Crippen LogP contribution in [-0.2, 0) is 13.6 Å². The first-order valence-electron chi connectivity index (χ1n) is 5.42. The molecule has 2 rings (SSSR count). The van der Waals surface area contributed by atoms with Gasteiger partial charge in [-0.3, -0.25) is 4.68 Å². The molecule has 0 aliphatic rings. The van der Waals surface area contributed by atoms with E-state index in [1.165, 1.54) is 6.33 Å². The second kappa shape index (κ2) is 5.24. The highest BCUT2D eigenvalue weighted by Gasteiger charge is 2.00. The van der Waals surface area contributed by atoms with Crippen LogP contribution in [0, 0.1) is 0 Å². The maximum absolute atomic E-state index is 4.17. The fraction of sp³-hybridized carbons (Fsp3) is 0.400. The molecule has 17 heavy (non-hydrogen) atoms. The molecule has 2 aromatic heterocycles. The lowest BCUT2D eigenvalue weighted by Crippen LogP contribution is -2.06. The summed E-state index contributed by atoms with van der Waals surface area (Å²) in [5, 5.41) is 10.4. The predicted octanol–water partition coefficient (Wildman–Crippen LogP) is 0.649. The molecule has 0 unspecified atom stereocenters. The molecule has 90 valence electrons. The summed E-state index contributed by atoms with van der Waals surface area (Å²) < 4.78 is 1.67. The Morgan fingerprint density at radius 1 is 1.18 bits per heavy atom. The average molecular weight is 233 g/mol. The molecule has 2 aromatic rings. The van der Waals surface area contributed by atoms with Gasteiger partial charge in [0, 0.05) is 19.7 Å². The SMILES string of the molecule is CCNc1cc(NCc2ncn(C)n2)ncn1. The van der Waals surface area contributed by atoms with Gasteiger partial charge in [-0.15, -0.1) is 0 Å². The van der Waals surface area contributed by atoms with Crippen molar-refractivity contribution < 1.29 is 0 Å². The van der Waals surface area contributed by atoms with Crippen LogP contribution in [0.4, 0.5) is 11.6 Å². The minimum absolute atomic E-state index is 0.545. The second-order valence-electron chi connectivity index (χ2n) is 3.51. The lowest BCUT2D eigenvalue weighted by molar-refractivity contribution is 0.747. The van der Waals surface area contributed by atoms with Crippen LogP contribution in [0.5, 0.6) is 0 Å². The highest BCUT2D eigenvalue weighted by atomic mass is 15.3. The van der Waals surface area contributed by atoms with Gasteiger partial charge in [-0.2, -0.15) is 5.10 Å². The Morgan fingerprint density at radius 3 is 2.59 bits per heavy atom. The molecule has 2 N–H and O–H groups in total. The van der Waals surface area contributed by atoms with E-state index in [9.17, 15) is 0 Å². The Balaban J connectivity index is 1.96. The van der Waals surface area contributed by atoms with Crippen LogP contribution in [0.1, 0.15) is 12.7 Å². The summed E-state index contributed by atoms with van der Waals surface area (Å²) in [7, 11) is 1.84. The number of anilines is 2. The normalized spacial score (nSPS) is 10.2. The molecule has 0 spiro atoms. The average Bonchev–Trinajstić information content (AvgIpc) is 2.74. The van der Waals surface area contributed by atoms with Gasteiger partial charge >= 0.3 is 0 Å². The smallest absolute Gasteiger partial charge is 0.169 e. The molecular formula is C10H15N7. The highest BCUT2D eigenvalue weighted by Crippen LogP contribution is 2.08. The van der Waals surface area contributed by atoms with Gasteiger partial charge in [-0.05, 0) is 6.92 Å². The molecule has 0 saturated heterocycles. The quantitative estimate of drug-likeness (QED) is 0.789. The highest BCUT2D eigenvalue weighted by molar-refractivity contribution is 5.46. The molecule has 0 amide bonds. The predicted molar refractivity (Wildman–Crippen MR) is 64.5 cm³/mol. The van der Waals surface area contributed by atoms with Crippen LogP contribution in [0.25, 0.3) is 0 Å². The Hall–Kier alpha value is -2.18. The number of nitrogens with zero attached hydrogens (tertiary/aromatic N) is 5. The zero-order valence-electron chi connectivity index (χ0n) is 9.88. The molecule has 0 atom stereocenters. The maximum Gasteiger partial charge on any atom is 0.169 e. The first-order valence-corrected chi connectivity index (χ1v) is 5.42. The van der Waals surface area contributed by atoms with E-state index < -0.39 is 0 Å². The number of hydrogen-bond acceptors (Lipinski definition) is 6. The van der Waals surface area contributed by atoms with Gasteiger partial charge in [-0.1, -0.05) is 0 Å². The van der Waals surface area contributed by atoms with E-state index >= 15 is 0 Å². The molecule has 0 radical (unpaired) electrons. The minimum atomic E-state index is 0.545. The number of hydrogen-bond donors (Lipinski definition) is 2. The van der Waals surface area contributed by atoms with E-state index in [-0.39, 0.29) is 0 Å². The van der Waals surface area contributed by atoms with Gasteiger partial charge in [0.25, 0.3) is 0 Å². The summed E-state index contributed by atoms with van der Waals surface area (Å²) in [6.07, 6.45) is 3.19.